The highest BCUT2D eigenvalue weighted by atomic mass is 16.3. The molecule has 0 radical (unpaired) electrons. The summed E-state index contributed by atoms with van der Waals surface area (Å²) in [4.78, 5) is 0. The minimum atomic E-state index is 0.292. The van der Waals surface area contributed by atoms with Crippen LogP contribution in [0.2, 0.25) is 0 Å². The van der Waals surface area contributed by atoms with Crippen LogP contribution in [-0.2, 0) is 0 Å². The Morgan fingerprint density at radius 1 is 1.03 bits per heavy atom. The molecule has 1 N–H and O–H groups in total. The standard InChI is InChI=1S/C30H50O/c1-21(2)23(16-20-31)11-10-22(3)25-14-18-30(6)27-13-12-24-9-7-8-17-28(24,4)26(27)15-19-29(25,30)5/h15,22-25,27,31H,1,7-14,16-20H2,2-6H3/t22-,23-,24?,25-,27-,28+,29-,30+/m1/s1. The molecule has 0 aromatic rings. The van der Waals surface area contributed by atoms with Crippen molar-refractivity contribution in [2.24, 2.45) is 45.8 Å². The van der Waals surface area contributed by atoms with Crippen LogP contribution in [0.3, 0.4) is 0 Å². The Labute approximate surface area is 193 Å². The quantitative estimate of drug-likeness (QED) is 0.406. The summed E-state index contributed by atoms with van der Waals surface area (Å²) < 4.78 is 0. The van der Waals surface area contributed by atoms with Crippen LogP contribution in [0.4, 0.5) is 0 Å². The topological polar surface area (TPSA) is 20.2 Å². The zero-order chi connectivity index (χ0) is 22.4. The SMILES string of the molecule is C=C(C)[C@@H](CCO)CC[C@@H](C)[C@H]1CC[C@@]2(C)[C@@H]3CCC4CCCC[C@]4(C)C3=CC[C@]12C. The van der Waals surface area contributed by atoms with Crippen LogP contribution in [0, 0.1) is 45.8 Å². The van der Waals surface area contributed by atoms with Gasteiger partial charge in [0.05, 0.1) is 0 Å². The van der Waals surface area contributed by atoms with E-state index in [1.54, 1.807) is 0 Å². The molecule has 4 aliphatic rings. The molecular weight excluding hydrogens is 376 g/mol. The minimum absolute atomic E-state index is 0.292. The molecule has 4 aliphatic carbocycles. The highest BCUT2D eigenvalue weighted by Gasteiger charge is 2.63. The van der Waals surface area contributed by atoms with Crippen LogP contribution >= 0.6 is 0 Å². The Kier molecular flexibility index (Phi) is 6.59. The molecule has 0 aromatic carbocycles. The fraction of sp³-hybridized carbons (Fsp3) is 0.867. The van der Waals surface area contributed by atoms with Gasteiger partial charge < -0.3 is 5.11 Å². The fourth-order valence-electron chi connectivity index (χ4n) is 9.34. The van der Waals surface area contributed by atoms with Crippen LogP contribution < -0.4 is 0 Å². The largest absolute Gasteiger partial charge is 0.396 e. The van der Waals surface area contributed by atoms with Crippen molar-refractivity contribution < 1.29 is 5.11 Å². The predicted molar refractivity (Wildman–Crippen MR) is 133 cm³/mol. The summed E-state index contributed by atoms with van der Waals surface area (Å²) in [6.07, 6.45) is 19.1. The summed E-state index contributed by atoms with van der Waals surface area (Å²) >= 11 is 0. The smallest absolute Gasteiger partial charge is 0.0436 e. The zero-order valence-electron chi connectivity index (χ0n) is 21.3. The number of allylic oxidation sites excluding steroid dienone is 3. The molecule has 31 heavy (non-hydrogen) atoms. The first-order valence-electron chi connectivity index (χ1n) is 13.6. The molecule has 3 fully saturated rings. The van der Waals surface area contributed by atoms with Crippen molar-refractivity contribution in [2.75, 3.05) is 6.61 Å². The van der Waals surface area contributed by atoms with Gasteiger partial charge in [-0.1, -0.05) is 64.3 Å². The second-order valence-corrected chi connectivity index (χ2v) is 12.9. The van der Waals surface area contributed by atoms with Gasteiger partial charge in [-0.25, -0.2) is 0 Å². The molecule has 0 bridgehead atoms. The van der Waals surface area contributed by atoms with Crippen molar-refractivity contribution in [3.63, 3.8) is 0 Å². The number of hydrogen-bond acceptors (Lipinski definition) is 1. The van der Waals surface area contributed by atoms with E-state index in [1.165, 1.54) is 76.2 Å². The molecule has 0 aliphatic heterocycles. The molecule has 1 heteroatoms. The Balaban J connectivity index is 1.54. The molecule has 176 valence electrons. The lowest BCUT2D eigenvalue weighted by molar-refractivity contribution is -0.0425. The van der Waals surface area contributed by atoms with Crippen molar-refractivity contribution in [2.45, 2.75) is 112 Å². The molecule has 0 heterocycles. The third kappa shape index (κ3) is 3.70. The first kappa shape index (κ1) is 23.6. The molecule has 3 saturated carbocycles. The van der Waals surface area contributed by atoms with Crippen molar-refractivity contribution in [3.05, 3.63) is 23.8 Å². The molecule has 0 spiro atoms. The third-order valence-electron chi connectivity index (χ3n) is 11.7. The first-order chi connectivity index (χ1) is 14.7. The van der Waals surface area contributed by atoms with Crippen LogP contribution in [0.25, 0.3) is 0 Å². The van der Waals surface area contributed by atoms with Gasteiger partial charge in [-0.3, -0.25) is 0 Å². The van der Waals surface area contributed by atoms with Crippen molar-refractivity contribution in [1.29, 1.82) is 0 Å². The average Bonchev–Trinajstić information content (AvgIpc) is 3.01. The van der Waals surface area contributed by atoms with Gasteiger partial charge in [0.2, 0.25) is 0 Å². The van der Waals surface area contributed by atoms with Crippen molar-refractivity contribution in [1.82, 2.24) is 0 Å². The van der Waals surface area contributed by atoms with Gasteiger partial charge >= 0.3 is 0 Å². The monoisotopic (exact) mass is 426 g/mol. The van der Waals surface area contributed by atoms with Gasteiger partial charge in [-0.15, -0.1) is 0 Å². The molecule has 4 rings (SSSR count). The van der Waals surface area contributed by atoms with Crippen molar-refractivity contribution >= 4 is 0 Å². The highest BCUT2D eigenvalue weighted by molar-refractivity contribution is 5.31. The summed E-state index contributed by atoms with van der Waals surface area (Å²) in [6.45, 7) is 17.2. The Hall–Kier alpha value is -0.560. The Morgan fingerprint density at radius 2 is 1.81 bits per heavy atom. The molecule has 0 saturated heterocycles. The summed E-state index contributed by atoms with van der Waals surface area (Å²) in [5.74, 6) is 3.89. The fourth-order valence-corrected chi connectivity index (χ4v) is 9.34. The van der Waals surface area contributed by atoms with E-state index >= 15 is 0 Å². The summed E-state index contributed by atoms with van der Waals surface area (Å²) in [5.41, 5.74) is 4.61. The van der Waals surface area contributed by atoms with E-state index in [4.69, 9.17) is 0 Å². The second kappa shape index (κ2) is 8.66. The maximum atomic E-state index is 9.46. The molecule has 0 amide bonds. The summed E-state index contributed by atoms with van der Waals surface area (Å²) in [5, 5.41) is 9.46. The highest BCUT2D eigenvalue weighted by Crippen LogP contribution is 2.71. The van der Waals surface area contributed by atoms with E-state index in [0.717, 1.165) is 30.1 Å². The number of aliphatic hydroxyl groups excluding tert-OH is 1. The van der Waals surface area contributed by atoms with E-state index in [9.17, 15) is 5.11 Å². The summed E-state index contributed by atoms with van der Waals surface area (Å²) in [6, 6.07) is 0. The lowest BCUT2D eigenvalue weighted by Gasteiger charge is -2.61. The van der Waals surface area contributed by atoms with Crippen molar-refractivity contribution in [3.8, 4) is 0 Å². The van der Waals surface area contributed by atoms with Crippen LogP contribution in [0.1, 0.15) is 112 Å². The van der Waals surface area contributed by atoms with Gasteiger partial charge in [-0.2, -0.15) is 0 Å². The van der Waals surface area contributed by atoms with Crippen LogP contribution in [-0.4, -0.2) is 11.7 Å². The van der Waals surface area contributed by atoms with E-state index < -0.39 is 0 Å². The van der Waals surface area contributed by atoms with Gasteiger partial charge in [0.25, 0.3) is 0 Å². The number of rotatable bonds is 7. The van der Waals surface area contributed by atoms with Gasteiger partial charge in [0, 0.05) is 6.61 Å². The van der Waals surface area contributed by atoms with E-state index in [1.807, 2.05) is 5.57 Å². The molecule has 0 aromatic heterocycles. The third-order valence-corrected chi connectivity index (χ3v) is 11.7. The van der Waals surface area contributed by atoms with E-state index in [2.05, 4.69) is 47.3 Å². The normalized spacial score (nSPS) is 43.9. The predicted octanol–water partition coefficient (Wildman–Crippen LogP) is 8.34. The lowest BCUT2D eigenvalue weighted by atomic mass is 9.44. The van der Waals surface area contributed by atoms with Crippen LogP contribution in [0.15, 0.2) is 23.8 Å². The van der Waals surface area contributed by atoms with Gasteiger partial charge in [0.1, 0.15) is 0 Å². The average molecular weight is 427 g/mol. The number of fused-ring (bicyclic) bond motifs is 5. The van der Waals surface area contributed by atoms with Gasteiger partial charge in [-0.05, 0) is 117 Å². The minimum Gasteiger partial charge on any atom is -0.396 e. The second-order valence-electron chi connectivity index (χ2n) is 12.9. The Morgan fingerprint density at radius 3 is 2.52 bits per heavy atom. The van der Waals surface area contributed by atoms with E-state index in [0.29, 0.717) is 28.8 Å². The maximum absolute atomic E-state index is 9.46. The van der Waals surface area contributed by atoms with E-state index in [-0.39, 0.29) is 0 Å². The molecular formula is C30H50O. The maximum Gasteiger partial charge on any atom is 0.0436 e. The number of hydrogen-bond donors (Lipinski definition) is 1. The van der Waals surface area contributed by atoms with Crippen LogP contribution in [0.5, 0.6) is 0 Å². The Bertz CT molecular complexity index is 705. The molecule has 8 atom stereocenters. The number of aliphatic hydroxyl groups is 1. The molecule has 1 nitrogen and oxygen atoms in total. The molecule has 1 unspecified atom stereocenters. The zero-order valence-corrected chi connectivity index (χ0v) is 21.3. The summed E-state index contributed by atoms with van der Waals surface area (Å²) in [7, 11) is 0. The van der Waals surface area contributed by atoms with Gasteiger partial charge in [0.15, 0.2) is 0 Å². The first-order valence-corrected chi connectivity index (χ1v) is 13.6. The lowest BCUT2D eigenvalue weighted by Crippen LogP contribution is -2.52.